The van der Waals surface area contributed by atoms with E-state index in [4.69, 9.17) is 4.84 Å². The van der Waals surface area contributed by atoms with E-state index in [0.29, 0.717) is 18.7 Å². The van der Waals surface area contributed by atoms with Crippen LogP contribution >= 0.6 is 0 Å². The summed E-state index contributed by atoms with van der Waals surface area (Å²) >= 11 is 0. The number of rotatable bonds is 7. The van der Waals surface area contributed by atoms with Gasteiger partial charge in [0.2, 0.25) is 10.0 Å². The third-order valence-corrected chi connectivity index (χ3v) is 6.73. The lowest BCUT2D eigenvalue weighted by atomic mass is 10.0. The van der Waals surface area contributed by atoms with Crippen LogP contribution in [0.3, 0.4) is 0 Å². The van der Waals surface area contributed by atoms with Crippen LogP contribution in [-0.2, 0) is 14.9 Å². The average Bonchev–Trinajstić information content (AvgIpc) is 3.24. The molecule has 2 saturated heterocycles. The van der Waals surface area contributed by atoms with E-state index in [1.165, 1.54) is 17.2 Å². The van der Waals surface area contributed by atoms with Crippen molar-refractivity contribution in [1.29, 1.82) is 0 Å². The van der Waals surface area contributed by atoms with Gasteiger partial charge >= 0.3 is 0 Å². The van der Waals surface area contributed by atoms with Crippen LogP contribution in [0.25, 0.3) is 0 Å². The van der Waals surface area contributed by atoms with Crippen LogP contribution in [0.5, 0.6) is 0 Å². The molecule has 1 aromatic carbocycles. The van der Waals surface area contributed by atoms with Crippen molar-refractivity contribution in [3.63, 3.8) is 0 Å². The van der Waals surface area contributed by atoms with E-state index in [1.807, 2.05) is 0 Å². The molecule has 1 aromatic rings. The molecule has 2 heterocycles. The highest BCUT2D eigenvalue weighted by Gasteiger charge is 2.43. The molecule has 0 amide bonds. The number of likely N-dealkylation sites (tertiary alicyclic amines) is 1. The number of hydrogen-bond acceptors (Lipinski definition) is 7. The molecule has 2 aliphatic rings. The molecule has 0 bridgehead atoms. The molecule has 144 valence electrons. The van der Waals surface area contributed by atoms with E-state index in [-0.39, 0.29) is 12.3 Å². The molecule has 2 aliphatic heterocycles. The van der Waals surface area contributed by atoms with Gasteiger partial charge in [0.25, 0.3) is 5.69 Å². The molecule has 26 heavy (non-hydrogen) atoms. The predicted molar refractivity (Wildman–Crippen MR) is 95.9 cm³/mol. The Bertz CT molecular complexity index is 751. The van der Waals surface area contributed by atoms with Gasteiger partial charge in [-0.3, -0.25) is 15.0 Å². The summed E-state index contributed by atoms with van der Waals surface area (Å²) in [6.45, 7) is 3.07. The molecule has 10 heteroatoms. The molecular weight excluding hydrogens is 360 g/mol. The zero-order valence-corrected chi connectivity index (χ0v) is 15.5. The quantitative estimate of drug-likeness (QED) is 0.550. The SMILES string of the molecule is CN1OCC(S(=O)(=O)NCCN2CCCC2)C1c1cccc([N+](=O)[O-])c1. The summed E-state index contributed by atoms with van der Waals surface area (Å²) in [5.41, 5.74) is 0.482. The fraction of sp³-hybridized carbons (Fsp3) is 0.625. The summed E-state index contributed by atoms with van der Waals surface area (Å²) in [4.78, 5) is 18.2. The third kappa shape index (κ3) is 4.21. The summed E-state index contributed by atoms with van der Waals surface area (Å²) in [7, 11) is -1.99. The van der Waals surface area contributed by atoms with Crippen molar-refractivity contribution in [3.05, 3.63) is 39.9 Å². The number of hydroxylamine groups is 2. The maximum Gasteiger partial charge on any atom is 0.269 e. The normalized spacial score (nSPS) is 25.0. The standard InChI is InChI=1S/C16H24N4O5S/c1-18-16(13-5-4-6-14(11-13)20(21)22)15(12-25-18)26(23,24)17-7-10-19-8-2-3-9-19/h4-6,11,15-17H,2-3,7-10,12H2,1H3. The Balaban J connectivity index is 1.72. The van der Waals surface area contributed by atoms with Gasteiger partial charge in [-0.25, -0.2) is 13.1 Å². The highest BCUT2D eigenvalue weighted by molar-refractivity contribution is 7.90. The molecule has 2 fully saturated rings. The molecule has 2 atom stereocenters. The van der Waals surface area contributed by atoms with Crippen LogP contribution in [0.2, 0.25) is 0 Å². The first-order chi connectivity index (χ1) is 12.4. The minimum Gasteiger partial charge on any atom is -0.302 e. The van der Waals surface area contributed by atoms with Gasteiger partial charge < -0.3 is 4.90 Å². The van der Waals surface area contributed by atoms with Crippen molar-refractivity contribution in [2.45, 2.75) is 24.1 Å². The van der Waals surface area contributed by atoms with Crippen molar-refractivity contribution >= 4 is 15.7 Å². The maximum atomic E-state index is 12.8. The minimum atomic E-state index is -3.63. The third-order valence-electron chi connectivity index (χ3n) is 4.94. The molecule has 0 aliphatic carbocycles. The number of nitro benzene ring substituents is 1. The first-order valence-electron chi connectivity index (χ1n) is 8.69. The van der Waals surface area contributed by atoms with Gasteiger partial charge in [0.15, 0.2) is 0 Å². The number of nitrogens with zero attached hydrogens (tertiary/aromatic N) is 3. The summed E-state index contributed by atoms with van der Waals surface area (Å²) in [6.07, 6.45) is 2.31. The summed E-state index contributed by atoms with van der Waals surface area (Å²) in [5, 5.41) is 11.7. The number of non-ortho nitro benzene ring substituents is 1. The van der Waals surface area contributed by atoms with Gasteiger partial charge in [-0.2, -0.15) is 5.06 Å². The Kier molecular flexibility index (Phi) is 5.88. The van der Waals surface area contributed by atoms with Crippen LogP contribution in [0, 0.1) is 10.1 Å². The highest BCUT2D eigenvalue weighted by Crippen LogP contribution is 2.34. The van der Waals surface area contributed by atoms with Crippen molar-refractivity contribution in [1.82, 2.24) is 14.7 Å². The summed E-state index contributed by atoms with van der Waals surface area (Å²) < 4.78 is 28.2. The van der Waals surface area contributed by atoms with E-state index in [0.717, 1.165) is 25.9 Å². The molecule has 0 aromatic heterocycles. The first-order valence-corrected chi connectivity index (χ1v) is 10.2. The minimum absolute atomic E-state index is 0.0168. The Morgan fingerprint density at radius 3 is 2.77 bits per heavy atom. The number of hydrogen-bond donors (Lipinski definition) is 1. The van der Waals surface area contributed by atoms with Gasteiger partial charge in [-0.1, -0.05) is 12.1 Å². The fourth-order valence-corrected chi connectivity index (χ4v) is 5.06. The van der Waals surface area contributed by atoms with Gasteiger partial charge in [0.1, 0.15) is 5.25 Å². The Hall–Kier alpha value is -1.59. The highest BCUT2D eigenvalue weighted by atomic mass is 32.2. The maximum absolute atomic E-state index is 12.8. The Labute approximate surface area is 153 Å². The van der Waals surface area contributed by atoms with Gasteiger partial charge in [-0.15, -0.1) is 0 Å². The first kappa shape index (κ1) is 19.2. The van der Waals surface area contributed by atoms with E-state index in [1.54, 1.807) is 19.2 Å². The smallest absolute Gasteiger partial charge is 0.269 e. The van der Waals surface area contributed by atoms with Gasteiger partial charge in [0.05, 0.1) is 17.6 Å². The van der Waals surface area contributed by atoms with E-state index >= 15 is 0 Å². The van der Waals surface area contributed by atoms with Crippen LogP contribution in [0.1, 0.15) is 24.4 Å². The molecule has 0 saturated carbocycles. The van der Waals surface area contributed by atoms with Crippen molar-refractivity contribution in [2.24, 2.45) is 0 Å². The van der Waals surface area contributed by atoms with Crippen molar-refractivity contribution < 1.29 is 18.2 Å². The fourth-order valence-electron chi connectivity index (χ4n) is 3.56. The Morgan fingerprint density at radius 1 is 1.35 bits per heavy atom. The van der Waals surface area contributed by atoms with Crippen molar-refractivity contribution in [3.8, 4) is 0 Å². The van der Waals surface area contributed by atoms with Gasteiger partial charge in [-0.05, 0) is 31.5 Å². The Morgan fingerprint density at radius 2 is 2.08 bits per heavy atom. The summed E-state index contributed by atoms with van der Waals surface area (Å²) in [6, 6.07) is 5.44. The zero-order valence-electron chi connectivity index (χ0n) is 14.7. The molecule has 3 rings (SSSR count). The largest absolute Gasteiger partial charge is 0.302 e. The topological polar surface area (TPSA) is 105 Å². The second-order valence-electron chi connectivity index (χ2n) is 6.67. The second kappa shape index (κ2) is 7.97. The second-order valence-corrected chi connectivity index (χ2v) is 8.65. The van der Waals surface area contributed by atoms with Crippen LogP contribution in [0.4, 0.5) is 5.69 Å². The van der Waals surface area contributed by atoms with E-state index in [2.05, 4.69) is 9.62 Å². The molecule has 9 nitrogen and oxygen atoms in total. The number of nitrogens with one attached hydrogen (secondary N) is 1. The molecule has 2 unspecified atom stereocenters. The van der Waals surface area contributed by atoms with E-state index in [9.17, 15) is 18.5 Å². The lowest BCUT2D eigenvalue weighted by molar-refractivity contribution is -0.385. The van der Waals surface area contributed by atoms with E-state index < -0.39 is 26.2 Å². The molecule has 1 N–H and O–H groups in total. The lowest BCUT2D eigenvalue weighted by Crippen LogP contribution is -2.42. The zero-order chi connectivity index (χ0) is 18.7. The summed E-state index contributed by atoms with van der Waals surface area (Å²) in [5.74, 6) is 0. The molecular formula is C16H24N4O5S. The predicted octanol–water partition coefficient (Wildman–Crippen LogP) is 0.897. The molecule has 0 radical (unpaired) electrons. The van der Waals surface area contributed by atoms with Crippen LogP contribution in [0.15, 0.2) is 24.3 Å². The average molecular weight is 384 g/mol. The molecule has 0 spiro atoms. The number of benzene rings is 1. The van der Waals surface area contributed by atoms with Crippen LogP contribution < -0.4 is 4.72 Å². The number of nitro groups is 1. The van der Waals surface area contributed by atoms with Crippen LogP contribution in [-0.4, -0.2) is 68.4 Å². The monoisotopic (exact) mass is 384 g/mol. The lowest BCUT2D eigenvalue weighted by Gasteiger charge is -2.23. The van der Waals surface area contributed by atoms with Gasteiger partial charge in [0, 0.05) is 32.3 Å². The van der Waals surface area contributed by atoms with Crippen molar-refractivity contribution in [2.75, 3.05) is 39.8 Å². The number of sulfonamides is 1.